The molecule has 0 aliphatic heterocycles. The molecule has 2 aromatic carbocycles. The summed E-state index contributed by atoms with van der Waals surface area (Å²) in [5.41, 5.74) is 3.23. The van der Waals surface area contributed by atoms with E-state index >= 15 is 0 Å². The normalized spacial score (nSPS) is 11.0. The van der Waals surface area contributed by atoms with E-state index in [1.165, 1.54) is 6.07 Å². The van der Waals surface area contributed by atoms with E-state index in [9.17, 15) is 10.2 Å². The Morgan fingerprint density at radius 2 is 1.70 bits per heavy atom. The number of hydrogen-bond acceptors (Lipinski definition) is 4. The number of phenolic OH excluding ortho intramolecular Hbond substituents is 2. The monoisotopic (exact) mass is 303 g/mol. The summed E-state index contributed by atoms with van der Waals surface area (Å²) in [6.45, 7) is 0. The molecule has 0 fully saturated rings. The van der Waals surface area contributed by atoms with Crippen molar-refractivity contribution in [1.82, 2.24) is 14.4 Å². The van der Waals surface area contributed by atoms with Gasteiger partial charge in [0.15, 0.2) is 0 Å². The maximum atomic E-state index is 10.3. The molecule has 0 aliphatic carbocycles. The molecule has 0 saturated carbocycles. The van der Waals surface area contributed by atoms with E-state index in [-0.39, 0.29) is 11.5 Å². The molecule has 0 unspecified atom stereocenters. The summed E-state index contributed by atoms with van der Waals surface area (Å²) in [4.78, 5) is 8.58. The van der Waals surface area contributed by atoms with Crippen LogP contribution in [0.4, 0.5) is 0 Å². The molecule has 0 bridgehead atoms. The molecular weight excluding hydrogens is 290 g/mol. The van der Waals surface area contributed by atoms with E-state index in [2.05, 4.69) is 9.97 Å². The highest BCUT2D eigenvalue weighted by molar-refractivity contribution is 5.84. The highest BCUT2D eigenvalue weighted by Crippen LogP contribution is 2.38. The molecule has 112 valence electrons. The summed E-state index contributed by atoms with van der Waals surface area (Å²) < 4.78 is 1.83. The summed E-state index contributed by atoms with van der Waals surface area (Å²) in [5.74, 6) is 0.568. The third-order valence-corrected chi connectivity index (χ3v) is 3.75. The van der Waals surface area contributed by atoms with Gasteiger partial charge >= 0.3 is 0 Å². The zero-order valence-electron chi connectivity index (χ0n) is 12.1. The summed E-state index contributed by atoms with van der Waals surface area (Å²) in [6, 6.07) is 14.4. The van der Waals surface area contributed by atoms with Gasteiger partial charge in [0.25, 0.3) is 0 Å². The van der Waals surface area contributed by atoms with Crippen LogP contribution in [0.5, 0.6) is 11.5 Å². The van der Waals surface area contributed by atoms with Gasteiger partial charge < -0.3 is 10.2 Å². The second kappa shape index (κ2) is 5.14. The average Bonchev–Trinajstić information content (AvgIpc) is 3.04. The summed E-state index contributed by atoms with van der Waals surface area (Å²) in [6.07, 6.45) is 5.22. The highest BCUT2D eigenvalue weighted by atomic mass is 16.3. The first-order valence-electron chi connectivity index (χ1n) is 7.14. The number of nitrogens with zero attached hydrogens (tertiary/aromatic N) is 3. The Morgan fingerprint density at radius 1 is 0.870 bits per heavy atom. The zero-order chi connectivity index (χ0) is 15.8. The maximum absolute atomic E-state index is 10.3. The third kappa shape index (κ3) is 2.19. The summed E-state index contributed by atoms with van der Waals surface area (Å²) in [5, 5.41) is 19.9. The molecule has 0 spiro atoms. The van der Waals surface area contributed by atoms with Gasteiger partial charge in [-0.1, -0.05) is 30.3 Å². The highest BCUT2D eigenvalue weighted by Gasteiger charge is 2.16. The van der Waals surface area contributed by atoms with Crippen molar-refractivity contribution in [3.63, 3.8) is 0 Å². The summed E-state index contributed by atoms with van der Waals surface area (Å²) in [7, 11) is 0. The molecule has 5 heteroatoms. The predicted octanol–water partition coefficient (Wildman–Crippen LogP) is 3.47. The molecule has 5 nitrogen and oxygen atoms in total. The Hall–Kier alpha value is -3.34. The lowest BCUT2D eigenvalue weighted by Crippen LogP contribution is -1.98. The van der Waals surface area contributed by atoms with Crippen LogP contribution < -0.4 is 0 Å². The number of aromatic hydroxyl groups is 2. The van der Waals surface area contributed by atoms with Crippen molar-refractivity contribution < 1.29 is 10.2 Å². The number of aromatic nitrogens is 3. The standard InChI is InChI=1S/C18H13N3O2/c22-13-6-7-14(16(23)10-13)17-15(12-4-2-1-3-5-12)11-20-18-19-8-9-21(17)18/h1-11,22-23H. The minimum atomic E-state index is 0.00313. The van der Waals surface area contributed by atoms with Gasteiger partial charge in [-0.3, -0.25) is 4.40 Å². The van der Waals surface area contributed by atoms with Crippen molar-refractivity contribution in [2.75, 3.05) is 0 Å². The molecule has 23 heavy (non-hydrogen) atoms. The van der Waals surface area contributed by atoms with Crippen LogP contribution in [0.3, 0.4) is 0 Å². The van der Waals surface area contributed by atoms with Gasteiger partial charge in [-0.05, 0) is 17.7 Å². The van der Waals surface area contributed by atoms with Crippen LogP contribution >= 0.6 is 0 Å². The predicted molar refractivity (Wildman–Crippen MR) is 87.2 cm³/mol. The number of benzene rings is 2. The fourth-order valence-corrected chi connectivity index (χ4v) is 2.70. The minimum Gasteiger partial charge on any atom is -0.508 e. The lowest BCUT2D eigenvalue weighted by molar-refractivity contribution is 0.451. The molecule has 0 saturated heterocycles. The molecule has 2 N–H and O–H groups in total. The lowest BCUT2D eigenvalue weighted by atomic mass is 10.00. The van der Waals surface area contributed by atoms with E-state index < -0.39 is 0 Å². The number of rotatable bonds is 2. The second-order valence-electron chi connectivity index (χ2n) is 5.19. The Kier molecular flexibility index (Phi) is 2.98. The molecule has 0 atom stereocenters. The fourth-order valence-electron chi connectivity index (χ4n) is 2.70. The fraction of sp³-hybridized carbons (Fsp3) is 0. The first-order chi connectivity index (χ1) is 11.2. The van der Waals surface area contributed by atoms with Gasteiger partial charge in [-0.2, -0.15) is 0 Å². The SMILES string of the molecule is Oc1ccc(-c2c(-c3ccccc3)cnc3nccn23)c(O)c1. The third-order valence-electron chi connectivity index (χ3n) is 3.75. The molecule has 4 rings (SSSR count). The maximum Gasteiger partial charge on any atom is 0.234 e. The van der Waals surface area contributed by atoms with Crippen LogP contribution in [-0.4, -0.2) is 24.6 Å². The average molecular weight is 303 g/mol. The van der Waals surface area contributed by atoms with Gasteiger partial charge in [0.05, 0.1) is 5.69 Å². The van der Waals surface area contributed by atoms with Crippen LogP contribution in [0.15, 0.2) is 67.1 Å². The smallest absolute Gasteiger partial charge is 0.234 e. The van der Waals surface area contributed by atoms with Crippen molar-refractivity contribution in [2.24, 2.45) is 0 Å². The molecule has 4 aromatic rings. The number of imidazole rings is 1. The molecular formula is C18H13N3O2. The van der Waals surface area contributed by atoms with Crippen molar-refractivity contribution in [1.29, 1.82) is 0 Å². The zero-order valence-corrected chi connectivity index (χ0v) is 12.1. The Morgan fingerprint density at radius 3 is 2.48 bits per heavy atom. The van der Waals surface area contributed by atoms with Gasteiger partial charge in [-0.15, -0.1) is 0 Å². The van der Waals surface area contributed by atoms with Gasteiger partial charge in [0.1, 0.15) is 11.5 Å². The van der Waals surface area contributed by atoms with E-state index in [1.54, 1.807) is 30.7 Å². The summed E-state index contributed by atoms with van der Waals surface area (Å²) >= 11 is 0. The molecule has 0 amide bonds. The van der Waals surface area contributed by atoms with Crippen molar-refractivity contribution in [3.05, 3.63) is 67.1 Å². The van der Waals surface area contributed by atoms with Crippen LogP contribution in [0.2, 0.25) is 0 Å². The largest absolute Gasteiger partial charge is 0.508 e. The molecule has 2 heterocycles. The van der Waals surface area contributed by atoms with Crippen molar-refractivity contribution >= 4 is 5.78 Å². The number of fused-ring (bicyclic) bond motifs is 1. The van der Waals surface area contributed by atoms with E-state index in [4.69, 9.17) is 0 Å². The molecule has 0 aliphatic rings. The Balaban J connectivity index is 2.08. The van der Waals surface area contributed by atoms with Gasteiger partial charge in [0.2, 0.25) is 5.78 Å². The quantitative estimate of drug-likeness (QED) is 0.595. The minimum absolute atomic E-state index is 0.00313. The van der Waals surface area contributed by atoms with E-state index in [0.29, 0.717) is 11.3 Å². The van der Waals surface area contributed by atoms with Gasteiger partial charge in [-0.25, -0.2) is 9.97 Å². The lowest BCUT2D eigenvalue weighted by Gasteiger charge is -2.13. The Labute approximate surface area is 132 Å². The van der Waals surface area contributed by atoms with Crippen molar-refractivity contribution in [3.8, 4) is 33.9 Å². The van der Waals surface area contributed by atoms with Crippen LogP contribution in [0.1, 0.15) is 0 Å². The van der Waals surface area contributed by atoms with E-state index in [1.807, 2.05) is 34.7 Å². The van der Waals surface area contributed by atoms with Crippen LogP contribution in [-0.2, 0) is 0 Å². The first kappa shape index (κ1) is 13.3. The second-order valence-corrected chi connectivity index (χ2v) is 5.19. The number of hydrogen-bond donors (Lipinski definition) is 2. The van der Waals surface area contributed by atoms with Crippen molar-refractivity contribution in [2.45, 2.75) is 0 Å². The van der Waals surface area contributed by atoms with Gasteiger partial charge in [0, 0.05) is 35.8 Å². The van der Waals surface area contributed by atoms with E-state index in [0.717, 1.165) is 16.8 Å². The van der Waals surface area contributed by atoms with Crippen LogP contribution in [0, 0.1) is 0 Å². The molecule has 0 radical (unpaired) electrons. The van der Waals surface area contributed by atoms with Crippen LogP contribution in [0.25, 0.3) is 28.2 Å². The molecule has 2 aromatic heterocycles. The number of phenols is 2. The Bertz CT molecular complexity index is 994. The first-order valence-corrected chi connectivity index (χ1v) is 7.14. The topological polar surface area (TPSA) is 70.7 Å².